The monoisotopic (exact) mass is 342 g/mol. The van der Waals surface area contributed by atoms with Gasteiger partial charge >= 0.3 is 19.1 Å². The summed E-state index contributed by atoms with van der Waals surface area (Å²) in [6.45, 7) is 4.05. The van der Waals surface area contributed by atoms with E-state index in [0.717, 1.165) is 11.1 Å². The number of nitrogens with zero attached hydrogens (tertiary/aromatic N) is 2. The zero-order chi connectivity index (χ0) is 17.8. The van der Waals surface area contributed by atoms with Crippen LogP contribution in [0.4, 0.5) is 0 Å². The van der Waals surface area contributed by atoms with Gasteiger partial charge in [-0.15, -0.1) is 0 Å². The predicted octanol–water partition coefficient (Wildman–Crippen LogP) is 1.54. The molecule has 1 aliphatic heterocycles. The van der Waals surface area contributed by atoms with E-state index in [2.05, 4.69) is 9.97 Å². The van der Waals surface area contributed by atoms with E-state index in [1.54, 1.807) is 31.5 Å². The summed E-state index contributed by atoms with van der Waals surface area (Å²) in [4.78, 5) is 19.9. The quantitative estimate of drug-likeness (QED) is 0.629. The number of ether oxygens (including phenoxy) is 2. The number of aryl methyl sites for hydroxylation is 1. The highest BCUT2D eigenvalue weighted by molar-refractivity contribution is 6.62. The zero-order valence-electron chi connectivity index (χ0n) is 14.1. The Hall–Kier alpha value is -2.45. The van der Waals surface area contributed by atoms with Crippen LogP contribution in [0.5, 0.6) is 11.8 Å². The zero-order valence-corrected chi connectivity index (χ0v) is 14.1. The van der Waals surface area contributed by atoms with E-state index in [1.165, 1.54) is 0 Å². The molecule has 3 rings (SSSR count). The van der Waals surface area contributed by atoms with Crippen molar-refractivity contribution in [3.05, 3.63) is 41.7 Å². The molecule has 0 bridgehead atoms. The summed E-state index contributed by atoms with van der Waals surface area (Å²) in [6.07, 6.45) is 3.41. The molecule has 1 aromatic heterocycles. The lowest BCUT2D eigenvalue weighted by Gasteiger charge is -2.15. The van der Waals surface area contributed by atoms with Gasteiger partial charge in [-0.3, -0.25) is 4.79 Å². The van der Waals surface area contributed by atoms with Crippen molar-refractivity contribution in [3.63, 3.8) is 0 Å². The number of aromatic nitrogens is 2. The summed E-state index contributed by atoms with van der Waals surface area (Å²) in [7, 11) is -1.11. The van der Waals surface area contributed by atoms with Crippen molar-refractivity contribution in [2.45, 2.75) is 32.8 Å². The van der Waals surface area contributed by atoms with Gasteiger partial charge in [0, 0.05) is 12.4 Å². The number of hydrogen-bond acceptors (Lipinski definition) is 7. The van der Waals surface area contributed by atoms with Gasteiger partial charge < -0.3 is 19.2 Å². The van der Waals surface area contributed by atoms with E-state index in [9.17, 15) is 9.82 Å². The molecule has 1 atom stereocenters. The summed E-state index contributed by atoms with van der Waals surface area (Å²) in [6, 6.07) is 5.47. The van der Waals surface area contributed by atoms with Crippen molar-refractivity contribution >= 4 is 18.6 Å². The van der Waals surface area contributed by atoms with Crippen LogP contribution in [0.3, 0.4) is 0 Å². The van der Waals surface area contributed by atoms with Crippen molar-refractivity contribution in [2.24, 2.45) is 0 Å². The molecule has 8 heteroatoms. The first-order valence-corrected chi connectivity index (χ1v) is 8.23. The topological polar surface area (TPSA) is 90.8 Å². The minimum atomic E-state index is -1.11. The maximum atomic E-state index is 11.8. The van der Waals surface area contributed by atoms with Gasteiger partial charge in [-0.2, -0.15) is 0 Å². The van der Waals surface area contributed by atoms with Gasteiger partial charge in [0.05, 0.1) is 19.1 Å². The second-order valence-electron chi connectivity index (χ2n) is 5.56. The van der Waals surface area contributed by atoms with Crippen LogP contribution in [0.25, 0.3) is 0 Å². The number of carbonyl (C=O) groups excluding carboxylic acids is 1. The molecule has 2 aromatic rings. The summed E-state index contributed by atoms with van der Waals surface area (Å²) in [5.74, 6) is 0.161. The van der Waals surface area contributed by atoms with Crippen molar-refractivity contribution in [2.75, 3.05) is 6.61 Å². The maximum absolute atomic E-state index is 11.8. The van der Waals surface area contributed by atoms with Crippen molar-refractivity contribution < 1.29 is 23.9 Å². The molecule has 1 unspecified atom stereocenters. The lowest BCUT2D eigenvalue weighted by Crippen LogP contribution is -2.28. The Bertz CT molecular complexity index is 756. The van der Waals surface area contributed by atoms with Crippen LogP contribution in [0, 0.1) is 0 Å². The Morgan fingerprint density at radius 2 is 2.08 bits per heavy atom. The molecule has 0 radical (unpaired) electrons. The second-order valence-corrected chi connectivity index (χ2v) is 5.56. The van der Waals surface area contributed by atoms with E-state index in [1.807, 2.05) is 13.0 Å². The van der Waals surface area contributed by atoms with Crippen molar-refractivity contribution in [1.82, 2.24) is 9.97 Å². The van der Waals surface area contributed by atoms with E-state index in [0.29, 0.717) is 24.2 Å². The molecule has 1 N–H and O–H groups in total. The molecule has 7 nitrogen and oxygen atoms in total. The summed E-state index contributed by atoms with van der Waals surface area (Å²) in [5, 5.41) is 10.2. The van der Waals surface area contributed by atoms with Gasteiger partial charge in [-0.1, -0.05) is 6.92 Å². The summed E-state index contributed by atoms with van der Waals surface area (Å²) < 4.78 is 16.2. The predicted molar refractivity (Wildman–Crippen MR) is 90.6 cm³/mol. The first-order chi connectivity index (χ1) is 12.1. The Morgan fingerprint density at radius 3 is 2.76 bits per heavy atom. The lowest BCUT2D eigenvalue weighted by molar-refractivity contribution is -0.145. The van der Waals surface area contributed by atoms with Crippen LogP contribution in [-0.2, 0) is 20.6 Å². The molecule has 25 heavy (non-hydrogen) atoms. The molecule has 2 heterocycles. The number of benzene rings is 1. The highest BCUT2D eigenvalue weighted by atomic mass is 16.5. The van der Waals surface area contributed by atoms with Gasteiger partial charge in [0.2, 0.25) is 0 Å². The average molecular weight is 342 g/mol. The van der Waals surface area contributed by atoms with E-state index in [4.69, 9.17) is 14.1 Å². The molecule has 1 aromatic carbocycles. The van der Waals surface area contributed by atoms with Crippen LogP contribution in [0.1, 0.15) is 37.5 Å². The molecule has 0 saturated carbocycles. The Balaban J connectivity index is 1.90. The fourth-order valence-corrected chi connectivity index (χ4v) is 2.92. The lowest BCUT2D eigenvalue weighted by atomic mass is 9.77. The maximum Gasteiger partial charge on any atom is 0.492 e. The Kier molecular flexibility index (Phi) is 5.30. The number of rotatable bonds is 6. The molecular weight excluding hydrogens is 323 g/mol. The highest BCUT2D eigenvalue weighted by Gasteiger charge is 2.38. The van der Waals surface area contributed by atoms with Crippen LogP contribution in [-0.4, -0.2) is 34.7 Å². The first kappa shape index (κ1) is 17.4. The van der Waals surface area contributed by atoms with Crippen LogP contribution < -0.4 is 10.2 Å². The molecule has 130 valence electrons. The SMILES string of the molecule is CCOC(=O)CC1OB(O)c2cc(Oc3ncccn3)cc(CC)c21. The van der Waals surface area contributed by atoms with Crippen molar-refractivity contribution in [1.29, 1.82) is 0 Å². The highest BCUT2D eigenvalue weighted by Crippen LogP contribution is 2.33. The minimum Gasteiger partial charge on any atom is -0.466 e. The molecular formula is C17H19BN2O5. The fraction of sp³-hybridized carbons (Fsp3) is 0.353. The normalized spacial score (nSPS) is 15.8. The van der Waals surface area contributed by atoms with Crippen LogP contribution in [0.15, 0.2) is 30.6 Å². The van der Waals surface area contributed by atoms with Gasteiger partial charge in [0.25, 0.3) is 0 Å². The summed E-state index contributed by atoms with van der Waals surface area (Å²) >= 11 is 0. The smallest absolute Gasteiger partial charge is 0.466 e. The standard InChI is InChI=1S/C17H19BN2O5/c1-3-11-8-12(24-17-19-6-5-7-20-17)9-13-16(11)14(25-18(13)22)10-15(21)23-4-2/h5-9,14,22H,3-4,10H2,1-2H3. The molecule has 0 saturated heterocycles. The molecule has 0 spiro atoms. The van der Waals surface area contributed by atoms with E-state index < -0.39 is 13.2 Å². The molecule has 0 amide bonds. The number of hydrogen-bond donors (Lipinski definition) is 1. The first-order valence-electron chi connectivity index (χ1n) is 8.23. The van der Waals surface area contributed by atoms with Gasteiger partial charge in [-0.25, -0.2) is 9.97 Å². The third-order valence-corrected chi connectivity index (χ3v) is 3.94. The number of fused-ring (bicyclic) bond motifs is 1. The van der Waals surface area contributed by atoms with Crippen LogP contribution >= 0.6 is 0 Å². The molecule has 0 aliphatic carbocycles. The average Bonchev–Trinajstić information content (AvgIpc) is 2.91. The van der Waals surface area contributed by atoms with Gasteiger partial charge in [0.15, 0.2) is 0 Å². The molecule has 0 fully saturated rings. The number of esters is 1. The number of carbonyl (C=O) groups is 1. The van der Waals surface area contributed by atoms with Crippen molar-refractivity contribution in [3.8, 4) is 11.8 Å². The Labute approximate surface area is 146 Å². The van der Waals surface area contributed by atoms with Gasteiger partial charge in [0.1, 0.15) is 5.75 Å². The van der Waals surface area contributed by atoms with E-state index in [-0.39, 0.29) is 18.4 Å². The largest absolute Gasteiger partial charge is 0.492 e. The Morgan fingerprint density at radius 1 is 1.32 bits per heavy atom. The van der Waals surface area contributed by atoms with Gasteiger partial charge in [-0.05, 0) is 48.1 Å². The molecule has 1 aliphatic rings. The third-order valence-electron chi connectivity index (χ3n) is 3.94. The van der Waals surface area contributed by atoms with E-state index >= 15 is 0 Å². The fourth-order valence-electron chi connectivity index (χ4n) is 2.92. The third kappa shape index (κ3) is 3.80. The minimum absolute atomic E-state index is 0.0624. The summed E-state index contributed by atoms with van der Waals surface area (Å²) in [5.41, 5.74) is 2.36. The van der Waals surface area contributed by atoms with Crippen LogP contribution in [0.2, 0.25) is 0 Å². The second kappa shape index (κ2) is 7.63.